The normalized spacial score (nSPS) is 10.2. The lowest BCUT2D eigenvalue weighted by atomic mass is 10.2. The Morgan fingerprint density at radius 2 is 1.72 bits per heavy atom. The Balaban J connectivity index is 1.76. The first-order valence-corrected chi connectivity index (χ1v) is 8.45. The average molecular weight is 362 g/mol. The summed E-state index contributed by atoms with van der Waals surface area (Å²) in [5.41, 5.74) is 0.475. The molecule has 0 unspecified atom stereocenters. The lowest BCUT2D eigenvalue weighted by Crippen LogP contribution is -2.25. The van der Waals surface area contributed by atoms with Crippen LogP contribution in [0.5, 0.6) is 11.5 Å². The Labute approximate surface area is 151 Å². The number of halogens is 1. The van der Waals surface area contributed by atoms with E-state index in [0.29, 0.717) is 41.7 Å². The zero-order chi connectivity index (χ0) is 18.1. The third-order valence-electron chi connectivity index (χ3n) is 3.34. The molecule has 0 aliphatic heterocycles. The van der Waals surface area contributed by atoms with Crippen molar-refractivity contribution in [2.75, 3.05) is 13.2 Å². The fourth-order valence-electron chi connectivity index (χ4n) is 2.17. The molecule has 0 spiro atoms. The molecule has 1 N–H and O–H groups in total. The van der Waals surface area contributed by atoms with Gasteiger partial charge in [-0.3, -0.25) is 9.59 Å². The van der Waals surface area contributed by atoms with Gasteiger partial charge in [0.05, 0.1) is 17.2 Å². The zero-order valence-electron chi connectivity index (χ0n) is 14.0. The highest BCUT2D eigenvalue weighted by Crippen LogP contribution is 2.23. The van der Waals surface area contributed by atoms with Gasteiger partial charge in [0.25, 0.3) is 5.91 Å². The summed E-state index contributed by atoms with van der Waals surface area (Å²) in [6.07, 6.45) is 0.643. The molecule has 0 aliphatic carbocycles. The van der Waals surface area contributed by atoms with Crippen LogP contribution >= 0.6 is 11.6 Å². The average Bonchev–Trinajstić information content (AvgIpc) is 2.61. The van der Waals surface area contributed by atoms with E-state index in [1.54, 1.807) is 42.5 Å². The first kappa shape index (κ1) is 18.8. The summed E-state index contributed by atoms with van der Waals surface area (Å²) in [4.78, 5) is 24.0. The van der Waals surface area contributed by atoms with Gasteiger partial charge >= 0.3 is 5.97 Å². The van der Waals surface area contributed by atoms with Crippen LogP contribution in [0.3, 0.4) is 0 Å². The van der Waals surface area contributed by atoms with Crippen LogP contribution in [0.15, 0.2) is 48.5 Å². The van der Waals surface area contributed by atoms with Crippen molar-refractivity contribution >= 4 is 23.5 Å². The topological polar surface area (TPSA) is 64.6 Å². The maximum Gasteiger partial charge on any atom is 0.311 e. The summed E-state index contributed by atoms with van der Waals surface area (Å²) in [5.74, 6) is 0.255. The Bertz CT molecular complexity index is 733. The van der Waals surface area contributed by atoms with Crippen molar-refractivity contribution in [3.8, 4) is 11.5 Å². The molecule has 0 fully saturated rings. The summed E-state index contributed by atoms with van der Waals surface area (Å²) in [6.45, 7) is 2.70. The molecule has 6 heteroatoms. The molecule has 5 nitrogen and oxygen atoms in total. The first-order valence-electron chi connectivity index (χ1n) is 8.07. The van der Waals surface area contributed by atoms with Crippen molar-refractivity contribution < 1.29 is 19.1 Å². The van der Waals surface area contributed by atoms with Gasteiger partial charge in [-0.25, -0.2) is 0 Å². The lowest BCUT2D eigenvalue weighted by molar-refractivity contribution is -0.134. The highest BCUT2D eigenvalue weighted by atomic mass is 35.5. The molecule has 2 aromatic carbocycles. The number of nitrogens with one attached hydrogen (secondary N) is 1. The Kier molecular flexibility index (Phi) is 7.29. The number of esters is 1. The lowest BCUT2D eigenvalue weighted by Gasteiger charge is -2.10. The summed E-state index contributed by atoms with van der Waals surface area (Å²) in [6, 6.07) is 13.8. The second-order valence-electron chi connectivity index (χ2n) is 5.19. The summed E-state index contributed by atoms with van der Waals surface area (Å²) in [5, 5.41) is 3.16. The van der Waals surface area contributed by atoms with Crippen LogP contribution in [0.25, 0.3) is 0 Å². The minimum atomic E-state index is -0.392. The Morgan fingerprint density at radius 3 is 2.44 bits per heavy atom. The monoisotopic (exact) mass is 361 g/mol. The van der Waals surface area contributed by atoms with Crippen molar-refractivity contribution in [3.63, 3.8) is 0 Å². The molecule has 1 amide bonds. The van der Waals surface area contributed by atoms with E-state index >= 15 is 0 Å². The third-order valence-corrected chi connectivity index (χ3v) is 3.65. The number of rotatable bonds is 8. The molecule has 0 atom stereocenters. The zero-order valence-corrected chi connectivity index (χ0v) is 14.7. The maximum absolute atomic E-state index is 12.2. The van der Waals surface area contributed by atoms with Gasteiger partial charge in [0, 0.05) is 13.0 Å². The van der Waals surface area contributed by atoms with E-state index in [0.717, 1.165) is 0 Å². The smallest absolute Gasteiger partial charge is 0.311 e. The number of para-hydroxylation sites is 2. The molecule has 2 rings (SSSR count). The molecule has 0 saturated heterocycles. The molecule has 132 valence electrons. The van der Waals surface area contributed by atoms with Crippen molar-refractivity contribution in [1.29, 1.82) is 0 Å². The van der Waals surface area contributed by atoms with Gasteiger partial charge in [0.15, 0.2) is 0 Å². The molecule has 0 heterocycles. The van der Waals surface area contributed by atoms with E-state index in [4.69, 9.17) is 21.1 Å². The molecule has 0 bridgehead atoms. The number of benzene rings is 2. The van der Waals surface area contributed by atoms with E-state index < -0.39 is 5.97 Å². The van der Waals surface area contributed by atoms with Crippen LogP contribution in [-0.4, -0.2) is 25.0 Å². The first-order chi connectivity index (χ1) is 12.1. The fraction of sp³-hybridized carbons (Fsp3) is 0.263. The van der Waals surface area contributed by atoms with E-state index in [-0.39, 0.29) is 12.3 Å². The Morgan fingerprint density at radius 1 is 1.04 bits per heavy atom. The van der Waals surface area contributed by atoms with Gasteiger partial charge in [-0.2, -0.15) is 0 Å². The van der Waals surface area contributed by atoms with Crippen LogP contribution < -0.4 is 14.8 Å². The van der Waals surface area contributed by atoms with Gasteiger partial charge in [0.1, 0.15) is 11.5 Å². The van der Waals surface area contributed by atoms with Crippen molar-refractivity contribution in [2.45, 2.75) is 19.8 Å². The second kappa shape index (κ2) is 9.69. The molecule has 0 aromatic heterocycles. The van der Waals surface area contributed by atoms with E-state index in [9.17, 15) is 9.59 Å². The molecule has 0 aliphatic rings. The molecule has 0 radical (unpaired) electrons. The van der Waals surface area contributed by atoms with Crippen molar-refractivity contribution in [2.24, 2.45) is 0 Å². The summed E-state index contributed by atoms with van der Waals surface area (Å²) >= 11 is 5.93. The largest absolute Gasteiger partial charge is 0.493 e. The van der Waals surface area contributed by atoms with Crippen LogP contribution in [0, 0.1) is 0 Å². The summed E-state index contributed by atoms with van der Waals surface area (Å²) in [7, 11) is 0. The predicted octanol–water partition coefficient (Wildman–Crippen LogP) is 3.85. The molecule has 2 aromatic rings. The second-order valence-corrected chi connectivity index (χ2v) is 5.60. The molecular formula is C19H20ClNO4. The number of carbonyl (C=O) groups excluding carboxylic acids is 2. The van der Waals surface area contributed by atoms with Gasteiger partial charge in [-0.15, -0.1) is 0 Å². The minimum absolute atomic E-state index is 0.179. The molecule has 25 heavy (non-hydrogen) atoms. The van der Waals surface area contributed by atoms with E-state index in [2.05, 4.69) is 5.32 Å². The summed E-state index contributed by atoms with van der Waals surface area (Å²) < 4.78 is 10.6. The number of ether oxygens (including phenoxy) is 2. The van der Waals surface area contributed by atoms with Crippen LogP contribution in [0.4, 0.5) is 0 Å². The van der Waals surface area contributed by atoms with Crippen LogP contribution in [0.2, 0.25) is 5.02 Å². The number of hydrogen-bond acceptors (Lipinski definition) is 4. The quantitative estimate of drug-likeness (QED) is 0.440. The standard InChI is InChI=1S/C19H20ClNO4/c1-2-24-16-10-5-3-8-14(16)19(23)21-13-7-12-18(22)25-17-11-6-4-9-15(17)20/h3-6,8-11H,2,7,12-13H2,1H3,(H,21,23). The highest BCUT2D eigenvalue weighted by Gasteiger charge is 2.12. The predicted molar refractivity (Wildman–Crippen MR) is 96.3 cm³/mol. The van der Waals surface area contributed by atoms with E-state index in [1.807, 2.05) is 13.0 Å². The van der Waals surface area contributed by atoms with Gasteiger partial charge in [-0.1, -0.05) is 35.9 Å². The number of hydrogen-bond donors (Lipinski definition) is 1. The van der Waals surface area contributed by atoms with Gasteiger partial charge < -0.3 is 14.8 Å². The van der Waals surface area contributed by atoms with Crippen LogP contribution in [-0.2, 0) is 4.79 Å². The van der Waals surface area contributed by atoms with Crippen LogP contribution in [0.1, 0.15) is 30.1 Å². The number of amides is 1. The van der Waals surface area contributed by atoms with Gasteiger partial charge in [-0.05, 0) is 37.6 Å². The number of carbonyl (C=O) groups is 2. The van der Waals surface area contributed by atoms with Gasteiger partial charge in [0.2, 0.25) is 0 Å². The van der Waals surface area contributed by atoms with Crippen molar-refractivity contribution in [3.05, 3.63) is 59.1 Å². The third kappa shape index (κ3) is 5.80. The maximum atomic E-state index is 12.2. The Hall–Kier alpha value is -2.53. The molecule has 0 saturated carbocycles. The SMILES string of the molecule is CCOc1ccccc1C(=O)NCCCC(=O)Oc1ccccc1Cl. The minimum Gasteiger partial charge on any atom is -0.493 e. The fourth-order valence-corrected chi connectivity index (χ4v) is 2.34. The molecular weight excluding hydrogens is 342 g/mol. The highest BCUT2D eigenvalue weighted by molar-refractivity contribution is 6.32. The van der Waals surface area contributed by atoms with E-state index in [1.165, 1.54) is 0 Å². The van der Waals surface area contributed by atoms with Crippen molar-refractivity contribution in [1.82, 2.24) is 5.32 Å².